The van der Waals surface area contributed by atoms with E-state index in [1.54, 1.807) is 0 Å². The van der Waals surface area contributed by atoms with E-state index in [0.29, 0.717) is 68.9 Å². The van der Waals surface area contributed by atoms with Gasteiger partial charge in [0, 0.05) is 11.1 Å². The second kappa shape index (κ2) is 17.8. The van der Waals surface area contributed by atoms with E-state index in [2.05, 4.69) is 53.7 Å². The van der Waals surface area contributed by atoms with Gasteiger partial charge in [-0.05, 0) is 217 Å². The number of aryl methyl sites for hydroxylation is 2. The normalized spacial score (nSPS) is 27.7. The van der Waals surface area contributed by atoms with Gasteiger partial charge in [0.15, 0.2) is 0 Å². The van der Waals surface area contributed by atoms with Crippen LogP contribution in [-0.4, -0.2) is 4.98 Å². The topological polar surface area (TPSA) is 59.0 Å². The molecule has 8 fully saturated rings. The Balaban J connectivity index is 0.00000214. The smallest absolute Gasteiger partial charge is 0.872 e. The third kappa shape index (κ3) is 9.03. The number of pyridine rings is 1. The summed E-state index contributed by atoms with van der Waals surface area (Å²) in [6.45, 7) is 16.9. The Morgan fingerprint density at radius 3 is 1.06 bits per heavy atom. The molecule has 8 aliphatic rings. The molecule has 8 bridgehead atoms. The predicted molar refractivity (Wildman–Crippen MR) is 269 cm³/mol. The van der Waals surface area contributed by atoms with Crippen molar-refractivity contribution in [3.63, 3.8) is 0 Å². The molecule has 0 aliphatic heterocycles. The van der Waals surface area contributed by atoms with Gasteiger partial charge in [-0.25, -0.2) is 4.98 Å². The minimum Gasteiger partial charge on any atom is -0.872 e. The van der Waals surface area contributed by atoms with Crippen LogP contribution in [0.4, 0.5) is 13.2 Å². The van der Waals surface area contributed by atoms with Crippen LogP contribution in [0.25, 0.3) is 44.8 Å². The van der Waals surface area contributed by atoms with Gasteiger partial charge in [-0.3, -0.25) is 0 Å². The van der Waals surface area contributed by atoms with Crippen LogP contribution < -0.4 is 10.2 Å². The van der Waals surface area contributed by atoms with E-state index in [-0.39, 0.29) is 85.6 Å². The molecule has 0 radical (unpaired) electrons. The van der Waals surface area contributed by atoms with Gasteiger partial charge >= 0.3 is 32.4 Å². The summed E-state index contributed by atoms with van der Waals surface area (Å²) in [5.74, 6) is 3.85. The van der Waals surface area contributed by atoms with Crippen LogP contribution >= 0.6 is 0 Å². The number of alkyl halides is 3. The summed E-state index contributed by atoms with van der Waals surface area (Å²) >= 11 is 0. The van der Waals surface area contributed by atoms with Gasteiger partial charge in [0.1, 0.15) is 0 Å². The molecule has 4 aromatic carbocycles. The molecule has 0 N–H and O–H groups in total. The van der Waals surface area contributed by atoms with Crippen LogP contribution in [0.1, 0.15) is 158 Å². The summed E-state index contributed by atoms with van der Waals surface area (Å²) in [5, 5.41) is 30.6. The number of nitrogens with zero attached hydrogens (tertiary/aromatic N) is 1. The van der Waals surface area contributed by atoms with Gasteiger partial charge in [-0.1, -0.05) is 113 Å². The zero-order valence-electron chi connectivity index (χ0n) is 42.8. The Morgan fingerprint density at radius 1 is 0.449 bits per heavy atom. The minimum atomic E-state index is -4.69. The maximum atomic E-state index is 15.4. The summed E-state index contributed by atoms with van der Waals surface area (Å²) in [4.78, 5) is 5.19. The molecule has 0 unspecified atom stereocenters. The molecule has 1 heterocycles. The first-order valence-corrected chi connectivity index (χ1v) is 25.1. The zero-order chi connectivity index (χ0) is 46.5. The van der Waals surface area contributed by atoms with Crippen LogP contribution in [0.5, 0.6) is 11.5 Å². The molecule has 0 amide bonds. The Morgan fingerprint density at radius 2 is 0.768 bits per heavy atom. The molecule has 8 aliphatic carbocycles. The van der Waals surface area contributed by atoms with Crippen molar-refractivity contribution in [2.24, 2.45) is 35.5 Å². The second-order valence-corrected chi connectivity index (χ2v) is 24.9. The monoisotopic (exact) mass is 1010 g/mol. The fourth-order valence-electron chi connectivity index (χ4n) is 15.4. The number of benzene rings is 4. The van der Waals surface area contributed by atoms with E-state index in [1.807, 2.05) is 62.4 Å². The standard InChI is InChI=1S/C60H68F3NO2.2CH3.Zr/c1-33-9-11-44(48-21-41(56(3,4)5)23-50(54(48)65)58-27-35-15-36(28-58)17-37(16-35)29-58)46(13-33)52-25-43(60(61,62)63)26-53(64-52)47-14-34(2)10-12-45(47)49-22-42(57(6,7)8)24-51(55(49)66)59-30-38-18-39(31-59)20-40(19-38)32-59;;;/h9-14,21-26,35-40,65-66H,15-20,27-32H2,1-8H3;2*1H3;/q;2*-1;+4/p-2. The van der Waals surface area contributed by atoms with Crippen molar-refractivity contribution in [1.82, 2.24) is 4.98 Å². The quantitative estimate of drug-likeness (QED) is 0.159. The molecule has 69 heavy (non-hydrogen) atoms. The number of aromatic nitrogens is 1. The SMILES string of the molecule is Cc1ccc(-c2cc(C(C)(C)C)cc(C34CC5CC(CC(C5)C3)C4)c2[O-])c(-c2cc(C(F)(F)F)cc(-c3cc(C)ccc3-c3cc(C(C)(C)C)cc(C45CC6CC(CC(C6)C4)C5)c3[O-])n2)c1.[CH3-].[CH3-].[Zr+4]. The molecule has 8 saturated carbocycles. The van der Waals surface area contributed by atoms with E-state index < -0.39 is 11.7 Å². The van der Waals surface area contributed by atoms with Gasteiger partial charge in [0.2, 0.25) is 0 Å². The van der Waals surface area contributed by atoms with Crippen molar-refractivity contribution in [2.75, 3.05) is 0 Å². The van der Waals surface area contributed by atoms with E-state index in [9.17, 15) is 0 Å². The van der Waals surface area contributed by atoms with Gasteiger partial charge < -0.3 is 25.1 Å². The Bertz CT molecular complexity index is 2540. The van der Waals surface area contributed by atoms with Crippen molar-refractivity contribution in [3.8, 4) is 56.3 Å². The average Bonchev–Trinajstić information content (AvgIpc) is 3.21. The maximum absolute atomic E-state index is 15.4. The van der Waals surface area contributed by atoms with Gasteiger partial charge in [-0.2, -0.15) is 13.2 Å². The molecular formula is C62H72F3NO2Zr. The molecule has 0 saturated heterocycles. The van der Waals surface area contributed by atoms with Crippen LogP contribution in [-0.2, 0) is 54.0 Å². The largest absolute Gasteiger partial charge is 4.00 e. The first kappa shape index (κ1) is 51.7. The molecule has 0 atom stereocenters. The fourth-order valence-corrected chi connectivity index (χ4v) is 15.4. The minimum absolute atomic E-state index is 0. The average molecular weight is 1010 g/mol. The van der Waals surface area contributed by atoms with Crippen molar-refractivity contribution in [2.45, 2.75) is 160 Å². The van der Waals surface area contributed by atoms with Crippen LogP contribution in [0.15, 0.2) is 72.8 Å². The molecule has 1 aromatic heterocycles. The first-order chi connectivity index (χ1) is 31.0. The molecule has 0 spiro atoms. The summed E-state index contributed by atoms with van der Waals surface area (Å²) in [5.41, 5.74) is 7.53. The summed E-state index contributed by atoms with van der Waals surface area (Å²) < 4.78 is 46.1. The van der Waals surface area contributed by atoms with Gasteiger partial charge in [-0.15, -0.1) is 0 Å². The Hall–Kier alpha value is -3.70. The molecule has 362 valence electrons. The molecule has 13 rings (SSSR count). The fraction of sp³-hybridized carbons (Fsp3) is 0.500. The molecule has 5 aromatic rings. The number of hydrogen-bond donors (Lipinski definition) is 0. The third-order valence-corrected chi connectivity index (χ3v) is 17.8. The van der Waals surface area contributed by atoms with Crippen molar-refractivity contribution in [3.05, 3.63) is 127 Å². The number of hydrogen-bond acceptors (Lipinski definition) is 3. The van der Waals surface area contributed by atoms with E-state index in [0.717, 1.165) is 84.0 Å². The first-order valence-electron chi connectivity index (χ1n) is 25.1. The van der Waals surface area contributed by atoms with E-state index >= 15 is 23.4 Å². The summed E-state index contributed by atoms with van der Waals surface area (Å²) in [6.07, 6.45) is 9.07. The predicted octanol–water partition coefficient (Wildman–Crippen LogP) is 16.0. The summed E-state index contributed by atoms with van der Waals surface area (Å²) in [6, 6.07) is 22.3. The van der Waals surface area contributed by atoms with Crippen LogP contribution in [0.2, 0.25) is 0 Å². The molecule has 7 heteroatoms. The van der Waals surface area contributed by atoms with Crippen molar-refractivity contribution < 1.29 is 49.6 Å². The van der Waals surface area contributed by atoms with Crippen LogP contribution in [0, 0.1) is 64.2 Å². The van der Waals surface area contributed by atoms with E-state index in [1.165, 1.54) is 38.5 Å². The Kier molecular flexibility index (Phi) is 13.3. The van der Waals surface area contributed by atoms with Gasteiger partial charge in [0.05, 0.1) is 17.0 Å². The molecular weight excluding hydrogens is 939 g/mol. The Labute approximate surface area is 430 Å². The second-order valence-electron chi connectivity index (χ2n) is 24.9. The molecule has 3 nitrogen and oxygen atoms in total. The summed E-state index contributed by atoms with van der Waals surface area (Å²) in [7, 11) is 0. The number of rotatable bonds is 6. The van der Waals surface area contributed by atoms with Crippen LogP contribution in [0.3, 0.4) is 0 Å². The van der Waals surface area contributed by atoms with E-state index in [4.69, 9.17) is 4.98 Å². The van der Waals surface area contributed by atoms with Crippen molar-refractivity contribution in [1.29, 1.82) is 0 Å². The van der Waals surface area contributed by atoms with Crippen molar-refractivity contribution >= 4 is 0 Å². The maximum Gasteiger partial charge on any atom is 4.00 e. The zero-order valence-corrected chi connectivity index (χ0v) is 45.2. The third-order valence-electron chi connectivity index (χ3n) is 17.8. The number of halogens is 3. The van der Waals surface area contributed by atoms with Gasteiger partial charge in [0.25, 0.3) is 0 Å².